The van der Waals surface area contributed by atoms with Gasteiger partial charge in [0.05, 0.1) is 16.7 Å². The lowest BCUT2D eigenvalue weighted by atomic mass is 10.1. The molecule has 8 nitrogen and oxygen atoms in total. The highest BCUT2D eigenvalue weighted by Gasteiger charge is 2.23. The Bertz CT molecular complexity index is 1290. The number of carbonyl (C=O) groups excluding carboxylic acids is 2. The molecule has 0 aliphatic heterocycles. The van der Waals surface area contributed by atoms with Crippen LogP contribution >= 0.6 is 0 Å². The zero-order valence-corrected chi connectivity index (χ0v) is 16.9. The van der Waals surface area contributed by atoms with Crippen LogP contribution in [0.1, 0.15) is 27.6 Å². The third kappa shape index (κ3) is 4.34. The maximum Gasteiger partial charge on any atom is 0.339 e. The number of fused-ring (bicyclic) bond motifs is 1. The maximum absolute atomic E-state index is 12.8. The standard InChI is InChI=1S/C24H18N2O6/c1-14(21(27)25-16-8-6-7-15(13-16)23(28)29)31-24(30)18-10-3-2-9-17(18)22-26-19-11-4-5-12-20(19)32-22/h2-14H,1H3,(H,25,27)(H,28,29). The van der Waals surface area contributed by atoms with Crippen molar-refractivity contribution < 1.29 is 28.6 Å². The van der Waals surface area contributed by atoms with Crippen molar-refractivity contribution in [3.8, 4) is 11.5 Å². The second-order valence-electron chi connectivity index (χ2n) is 6.96. The lowest BCUT2D eigenvalue weighted by Crippen LogP contribution is -2.30. The number of nitrogens with one attached hydrogen (secondary N) is 1. The molecule has 32 heavy (non-hydrogen) atoms. The Morgan fingerprint density at radius 1 is 1.00 bits per heavy atom. The van der Waals surface area contributed by atoms with Gasteiger partial charge >= 0.3 is 11.9 Å². The number of oxazole rings is 1. The van der Waals surface area contributed by atoms with E-state index in [0.29, 0.717) is 16.7 Å². The van der Waals surface area contributed by atoms with Gasteiger partial charge in [-0.2, -0.15) is 0 Å². The van der Waals surface area contributed by atoms with E-state index in [4.69, 9.17) is 14.3 Å². The summed E-state index contributed by atoms with van der Waals surface area (Å²) < 4.78 is 11.1. The van der Waals surface area contributed by atoms with Gasteiger partial charge < -0.3 is 19.6 Å². The van der Waals surface area contributed by atoms with E-state index >= 15 is 0 Å². The van der Waals surface area contributed by atoms with E-state index in [0.717, 1.165) is 0 Å². The lowest BCUT2D eigenvalue weighted by molar-refractivity contribution is -0.123. The average Bonchev–Trinajstić information content (AvgIpc) is 3.23. The number of aromatic carboxylic acids is 1. The highest BCUT2D eigenvalue weighted by atomic mass is 16.5. The fourth-order valence-corrected chi connectivity index (χ4v) is 3.09. The quantitative estimate of drug-likeness (QED) is 0.436. The molecule has 0 bridgehead atoms. The summed E-state index contributed by atoms with van der Waals surface area (Å²) in [5.74, 6) is -2.16. The first-order valence-corrected chi connectivity index (χ1v) is 9.72. The van der Waals surface area contributed by atoms with E-state index in [1.54, 1.807) is 42.5 Å². The molecule has 0 aliphatic rings. The lowest BCUT2D eigenvalue weighted by Gasteiger charge is -2.14. The Hall–Kier alpha value is -4.46. The number of hydrogen-bond acceptors (Lipinski definition) is 6. The number of carboxylic acids is 1. The van der Waals surface area contributed by atoms with Crippen LogP contribution in [0.25, 0.3) is 22.6 Å². The molecule has 3 aromatic carbocycles. The zero-order chi connectivity index (χ0) is 22.7. The number of carboxylic acid groups (broad SMARTS) is 1. The van der Waals surface area contributed by atoms with Crippen LogP contribution < -0.4 is 5.32 Å². The largest absolute Gasteiger partial charge is 0.478 e. The molecule has 4 rings (SSSR count). The van der Waals surface area contributed by atoms with Gasteiger partial charge in [0.25, 0.3) is 5.91 Å². The summed E-state index contributed by atoms with van der Waals surface area (Å²) in [4.78, 5) is 40.8. The summed E-state index contributed by atoms with van der Waals surface area (Å²) >= 11 is 0. The van der Waals surface area contributed by atoms with E-state index in [-0.39, 0.29) is 22.7 Å². The smallest absolute Gasteiger partial charge is 0.339 e. The van der Waals surface area contributed by atoms with Crippen LogP contribution in [0.2, 0.25) is 0 Å². The van der Waals surface area contributed by atoms with Crippen LogP contribution in [-0.2, 0) is 9.53 Å². The van der Waals surface area contributed by atoms with Crippen molar-refractivity contribution in [3.05, 3.63) is 83.9 Å². The molecular formula is C24H18N2O6. The Morgan fingerprint density at radius 3 is 2.53 bits per heavy atom. The van der Waals surface area contributed by atoms with E-state index in [1.807, 2.05) is 12.1 Å². The Kier molecular flexibility index (Phi) is 5.67. The highest BCUT2D eigenvalue weighted by Crippen LogP contribution is 2.27. The van der Waals surface area contributed by atoms with Crippen LogP contribution in [-0.4, -0.2) is 34.0 Å². The number of nitrogens with zero attached hydrogens (tertiary/aromatic N) is 1. The Balaban J connectivity index is 1.51. The van der Waals surface area contributed by atoms with Gasteiger partial charge in [0, 0.05) is 5.69 Å². The predicted octanol–water partition coefficient (Wildman–Crippen LogP) is 4.38. The van der Waals surface area contributed by atoms with Crippen LogP contribution in [0.15, 0.2) is 77.2 Å². The summed E-state index contributed by atoms with van der Waals surface area (Å²) in [6.07, 6.45) is -1.13. The fourth-order valence-electron chi connectivity index (χ4n) is 3.09. The molecule has 0 saturated carbocycles. The van der Waals surface area contributed by atoms with Gasteiger partial charge in [-0.05, 0) is 49.4 Å². The molecule has 0 fully saturated rings. The second kappa shape index (κ2) is 8.73. The molecular weight excluding hydrogens is 412 g/mol. The van der Waals surface area contributed by atoms with E-state index in [1.165, 1.54) is 25.1 Å². The number of anilines is 1. The Morgan fingerprint density at radius 2 is 1.75 bits per heavy atom. The minimum atomic E-state index is -1.13. The fraction of sp³-hybridized carbons (Fsp3) is 0.0833. The molecule has 1 amide bonds. The number of aromatic nitrogens is 1. The normalized spacial score (nSPS) is 11.7. The average molecular weight is 430 g/mol. The number of carbonyl (C=O) groups is 3. The first-order valence-electron chi connectivity index (χ1n) is 9.72. The van der Waals surface area contributed by atoms with Crippen molar-refractivity contribution in [3.63, 3.8) is 0 Å². The van der Waals surface area contributed by atoms with Gasteiger partial charge in [0.2, 0.25) is 5.89 Å². The first-order chi connectivity index (χ1) is 15.4. The summed E-state index contributed by atoms with van der Waals surface area (Å²) in [6.45, 7) is 1.43. The third-order valence-corrected chi connectivity index (χ3v) is 4.70. The molecule has 1 aromatic heterocycles. The van der Waals surface area contributed by atoms with Crippen molar-refractivity contribution in [2.45, 2.75) is 13.0 Å². The molecule has 1 atom stereocenters. The highest BCUT2D eigenvalue weighted by molar-refractivity contribution is 6.00. The van der Waals surface area contributed by atoms with E-state index in [2.05, 4.69) is 10.3 Å². The topological polar surface area (TPSA) is 119 Å². The summed E-state index contributed by atoms with van der Waals surface area (Å²) in [5, 5.41) is 11.6. The molecule has 0 saturated heterocycles. The summed E-state index contributed by atoms with van der Waals surface area (Å²) in [6, 6.07) is 19.7. The van der Waals surface area contributed by atoms with Crippen molar-refractivity contribution in [1.29, 1.82) is 0 Å². The van der Waals surface area contributed by atoms with Crippen molar-refractivity contribution >= 4 is 34.6 Å². The number of benzene rings is 3. The number of ether oxygens (including phenoxy) is 1. The van der Waals surface area contributed by atoms with Gasteiger partial charge in [-0.3, -0.25) is 4.79 Å². The molecule has 0 aliphatic carbocycles. The molecule has 1 heterocycles. The van der Waals surface area contributed by atoms with Gasteiger partial charge in [0.1, 0.15) is 5.52 Å². The summed E-state index contributed by atoms with van der Waals surface area (Å²) in [7, 11) is 0. The molecule has 0 radical (unpaired) electrons. The monoisotopic (exact) mass is 430 g/mol. The minimum Gasteiger partial charge on any atom is -0.478 e. The molecule has 2 N–H and O–H groups in total. The van der Waals surface area contributed by atoms with Crippen LogP contribution in [0.4, 0.5) is 5.69 Å². The minimum absolute atomic E-state index is 0.0275. The molecule has 8 heteroatoms. The molecule has 160 valence electrons. The number of amides is 1. The van der Waals surface area contributed by atoms with E-state index < -0.39 is 23.9 Å². The van der Waals surface area contributed by atoms with Crippen LogP contribution in [0.3, 0.4) is 0 Å². The molecule has 4 aromatic rings. The third-order valence-electron chi connectivity index (χ3n) is 4.70. The molecule has 1 unspecified atom stereocenters. The number of para-hydroxylation sites is 2. The van der Waals surface area contributed by atoms with Crippen molar-refractivity contribution in [2.75, 3.05) is 5.32 Å². The zero-order valence-electron chi connectivity index (χ0n) is 16.9. The van der Waals surface area contributed by atoms with Crippen LogP contribution in [0.5, 0.6) is 0 Å². The maximum atomic E-state index is 12.8. The van der Waals surface area contributed by atoms with E-state index in [9.17, 15) is 14.4 Å². The van der Waals surface area contributed by atoms with Gasteiger partial charge in [-0.25, -0.2) is 14.6 Å². The van der Waals surface area contributed by atoms with Crippen LogP contribution in [0, 0.1) is 0 Å². The van der Waals surface area contributed by atoms with Crippen molar-refractivity contribution in [1.82, 2.24) is 4.98 Å². The predicted molar refractivity (Wildman–Crippen MR) is 116 cm³/mol. The Labute approximate surface area is 182 Å². The summed E-state index contributed by atoms with van der Waals surface area (Å²) in [5.41, 5.74) is 2.19. The number of esters is 1. The van der Waals surface area contributed by atoms with Gasteiger partial charge in [-0.1, -0.05) is 30.3 Å². The molecule has 0 spiro atoms. The van der Waals surface area contributed by atoms with Gasteiger partial charge in [-0.15, -0.1) is 0 Å². The van der Waals surface area contributed by atoms with Gasteiger partial charge in [0.15, 0.2) is 11.7 Å². The SMILES string of the molecule is CC(OC(=O)c1ccccc1-c1nc2ccccc2o1)C(=O)Nc1cccc(C(=O)O)c1. The first kappa shape index (κ1) is 20.8. The number of rotatable bonds is 6. The second-order valence-corrected chi connectivity index (χ2v) is 6.96. The van der Waals surface area contributed by atoms with Crippen molar-refractivity contribution in [2.24, 2.45) is 0 Å². The number of hydrogen-bond donors (Lipinski definition) is 2.